The summed E-state index contributed by atoms with van der Waals surface area (Å²) < 4.78 is 2.06. The number of fused-ring (bicyclic) bond motifs is 1. The van der Waals surface area contributed by atoms with Gasteiger partial charge in [-0.15, -0.1) is 0 Å². The molecule has 0 aliphatic heterocycles. The average Bonchev–Trinajstić information content (AvgIpc) is 2.63. The first kappa shape index (κ1) is 11.8. The Kier molecular flexibility index (Phi) is 3.51. The quantitative estimate of drug-likeness (QED) is 0.638. The highest BCUT2D eigenvalue weighted by molar-refractivity contribution is 5.78. The maximum atomic E-state index is 4.38. The molecule has 0 fully saturated rings. The van der Waals surface area contributed by atoms with Crippen molar-refractivity contribution in [3.8, 4) is 0 Å². The molecule has 0 saturated heterocycles. The van der Waals surface area contributed by atoms with Crippen LogP contribution in [0.25, 0.3) is 10.9 Å². The van der Waals surface area contributed by atoms with Crippen molar-refractivity contribution in [2.24, 2.45) is 0 Å². The van der Waals surface area contributed by atoms with Gasteiger partial charge in [-0.25, -0.2) is 0 Å². The summed E-state index contributed by atoms with van der Waals surface area (Å²) in [5.74, 6) is 0. The summed E-state index contributed by atoms with van der Waals surface area (Å²) in [5.41, 5.74) is 1.26. The molecule has 2 nitrogen and oxygen atoms in total. The molecule has 0 radical (unpaired) electrons. The van der Waals surface area contributed by atoms with E-state index < -0.39 is 0 Å². The largest absolute Gasteiger partial charge is 0.260 e. The zero-order valence-corrected chi connectivity index (χ0v) is 10.3. The van der Waals surface area contributed by atoms with E-state index in [1.807, 2.05) is 32.2 Å². The average molecular weight is 204 g/mol. The van der Waals surface area contributed by atoms with E-state index in [0.29, 0.717) is 0 Å². The van der Waals surface area contributed by atoms with Gasteiger partial charge in [0.15, 0.2) is 0 Å². The van der Waals surface area contributed by atoms with Crippen LogP contribution in [0.4, 0.5) is 0 Å². The van der Waals surface area contributed by atoms with Crippen LogP contribution in [0.1, 0.15) is 34.6 Å². The van der Waals surface area contributed by atoms with Crippen LogP contribution >= 0.6 is 0 Å². The fourth-order valence-corrected chi connectivity index (χ4v) is 1.51. The maximum absolute atomic E-state index is 4.38. The predicted octanol–water partition coefficient (Wildman–Crippen LogP) is 3.82. The Morgan fingerprint density at radius 3 is 2.27 bits per heavy atom. The van der Waals surface area contributed by atoms with Gasteiger partial charge in [0.2, 0.25) is 0 Å². The van der Waals surface area contributed by atoms with E-state index in [9.17, 15) is 0 Å². The maximum Gasteiger partial charge on any atom is 0.0688 e. The van der Waals surface area contributed by atoms with Gasteiger partial charge in [0.1, 0.15) is 0 Å². The number of rotatable bonds is 0. The second kappa shape index (κ2) is 4.47. The van der Waals surface area contributed by atoms with Crippen molar-refractivity contribution < 1.29 is 0 Å². The van der Waals surface area contributed by atoms with Crippen LogP contribution in [-0.4, -0.2) is 9.78 Å². The van der Waals surface area contributed by atoms with Crippen molar-refractivity contribution >= 4 is 10.9 Å². The molecule has 2 rings (SSSR count). The highest BCUT2D eigenvalue weighted by Crippen LogP contribution is 2.20. The van der Waals surface area contributed by atoms with Gasteiger partial charge in [0.05, 0.1) is 17.3 Å². The van der Waals surface area contributed by atoms with E-state index in [2.05, 4.69) is 42.7 Å². The van der Waals surface area contributed by atoms with Crippen LogP contribution in [0.15, 0.2) is 30.5 Å². The van der Waals surface area contributed by atoms with Gasteiger partial charge in [-0.2, -0.15) is 5.10 Å². The number of aromatic nitrogens is 2. The Balaban J connectivity index is 0.000000531. The first-order chi connectivity index (χ1) is 7.09. The Labute approximate surface area is 91.9 Å². The predicted molar refractivity (Wildman–Crippen MR) is 66.1 cm³/mol. The zero-order chi connectivity index (χ0) is 11.5. The van der Waals surface area contributed by atoms with Gasteiger partial charge < -0.3 is 0 Å². The molecule has 1 aromatic heterocycles. The van der Waals surface area contributed by atoms with Crippen molar-refractivity contribution in [1.82, 2.24) is 9.78 Å². The van der Waals surface area contributed by atoms with E-state index in [4.69, 9.17) is 0 Å². The van der Waals surface area contributed by atoms with Gasteiger partial charge in [0.25, 0.3) is 0 Å². The minimum atomic E-state index is 0.0586. The third-order valence-corrected chi connectivity index (χ3v) is 2.11. The molecule has 0 aliphatic carbocycles. The summed E-state index contributed by atoms with van der Waals surface area (Å²) in [6, 6.07) is 8.28. The first-order valence-electron chi connectivity index (χ1n) is 5.52. The Hall–Kier alpha value is -1.31. The van der Waals surface area contributed by atoms with Gasteiger partial charge in [0, 0.05) is 5.39 Å². The summed E-state index contributed by atoms with van der Waals surface area (Å²) >= 11 is 0. The first-order valence-corrected chi connectivity index (χ1v) is 5.52. The number of para-hydroxylation sites is 1. The Morgan fingerprint density at radius 2 is 1.67 bits per heavy atom. The third-order valence-electron chi connectivity index (χ3n) is 2.11. The fraction of sp³-hybridized carbons (Fsp3) is 0.462. The second-order valence-corrected chi connectivity index (χ2v) is 4.29. The highest BCUT2D eigenvalue weighted by Gasteiger charge is 2.15. The van der Waals surface area contributed by atoms with E-state index in [-0.39, 0.29) is 5.54 Å². The second-order valence-electron chi connectivity index (χ2n) is 4.29. The molecule has 1 aromatic carbocycles. The van der Waals surface area contributed by atoms with E-state index in [1.165, 1.54) is 10.9 Å². The van der Waals surface area contributed by atoms with Gasteiger partial charge in [-0.05, 0) is 26.8 Å². The molecule has 0 N–H and O–H groups in total. The van der Waals surface area contributed by atoms with Crippen LogP contribution in [-0.2, 0) is 5.54 Å². The monoisotopic (exact) mass is 204 g/mol. The summed E-state index contributed by atoms with van der Waals surface area (Å²) in [5, 5.41) is 5.59. The molecule has 2 aromatic rings. The number of hydrogen-bond acceptors (Lipinski definition) is 1. The van der Waals surface area contributed by atoms with Gasteiger partial charge in [-0.3, -0.25) is 4.68 Å². The van der Waals surface area contributed by atoms with Crippen LogP contribution in [0, 0.1) is 0 Å². The molecule has 0 amide bonds. The summed E-state index contributed by atoms with van der Waals surface area (Å²) in [6.07, 6.45) is 1.92. The Morgan fingerprint density at radius 1 is 1.07 bits per heavy atom. The van der Waals surface area contributed by atoms with E-state index >= 15 is 0 Å². The zero-order valence-electron chi connectivity index (χ0n) is 10.3. The van der Waals surface area contributed by atoms with E-state index in [1.54, 1.807) is 0 Å². The van der Waals surface area contributed by atoms with Gasteiger partial charge >= 0.3 is 0 Å². The van der Waals surface area contributed by atoms with Crippen LogP contribution < -0.4 is 0 Å². The number of hydrogen-bond donors (Lipinski definition) is 0. The fourth-order valence-electron chi connectivity index (χ4n) is 1.51. The molecule has 0 atom stereocenters. The molecule has 0 aliphatic rings. The highest BCUT2D eigenvalue weighted by atomic mass is 15.3. The molecular formula is C13H20N2. The van der Waals surface area contributed by atoms with Crippen LogP contribution in [0.5, 0.6) is 0 Å². The topological polar surface area (TPSA) is 17.8 Å². The molecule has 15 heavy (non-hydrogen) atoms. The summed E-state index contributed by atoms with van der Waals surface area (Å²) in [7, 11) is 0. The van der Waals surface area contributed by atoms with Crippen molar-refractivity contribution in [1.29, 1.82) is 0 Å². The van der Waals surface area contributed by atoms with E-state index in [0.717, 1.165) is 0 Å². The van der Waals surface area contributed by atoms with Crippen molar-refractivity contribution in [2.45, 2.75) is 40.2 Å². The van der Waals surface area contributed by atoms with Gasteiger partial charge in [-0.1, -0.05) is 32.0 Å². The normalized spacial score (nSPS) is 11.0. The number of nitrogens with zero attached hydrogens (tertiary/aromatic N) is 2. The molecule has 0 spiro atoms. The molecule has 0 unspecified atom stereocenters. The minimum absolute atomic E-state index is 0.0586. The molecular weight excluding hydrogens is 184 g/mol. The van der Waals surface area contributed by atoms with Crippen molar-refractivity contribution in [3.05, 3.63) is 30.5 Å². The molecule has 1 heterocycles. The lowest BCUT2D eigenvalue weighted by molar-refractivity contribution is 0.368. The SMILES string of the molecule is CC.CC(C)(C)n1ncc2ccccc21. The summed E-state index contributed by atoms with van der Waals surface area (Å²) in [4.78, 5) is 0. The lowest BCUT2D eigenvalue weighted by atomic mass is 10.1. The Bertz CT molecular complexity index is 421. The molecule has 0 saturated carbocycles. The minimum Gasteiger partial charge on any atom is -0.260 e. The summed E-state index contributed by atoms with van der Waals surface area (Å²) in [6.45, 7) is 10.5. The smallest absolute Gasteiger partial charge is 0.0688 e. The molecule has 0 bridgehead atoms. The van der Waals surface area contributed by atoms with Crippen LogP contribution in [0.3, 0.4) is 0 Å². The molecule has 82 valence electrons. The van der Waals surface area contributed by atoms with Crippen molar-refractivity contribution in [3.63, 3.8) is 0 Å². The standard InChI is InChI=1S/C11H14N2.C2H6/c1-11(2,3)13-10-7-5-4-6-9(10)8-12-13;1-2/h4-8H,1-3H3;1-2H3. The molecule has 2 heteroatoms. The lowest BCUT2D eigenvalue weighted by Crippen LogP contribution is -2.22. The third kappa shape index (κ3) is 2.38. The van der Waals surface area contributed by atoms with Crippen LogP contribution in [0.2, 0.25) is 0 Å². The lowest BCUT2D eigenvalue weighted by Gasteiger charge is -2.20. The van der Waals surface area contributed by atoms with Crippen molar-refractivity contribution in [2.75, 3.05) is 0 Å². The number of benzene rings is 1.